The first-order chi connectivity index (χ1) is 8.83. The molecule has 0 aromatic carbocycles. The van der Waals surface area contributed by atoms with Crippen molar-refractivity contribution in [2.75, 3.05) is 0 Å². The van der Waals surface area contributed by atoms with Crippen LogP contribution in [-0.2, 0) is 12.8 Å². The number of aromatic nitrogens is 4. The molecule has 0 saturated carbocycles. The molecule has 5 nitrogen and oxygen atoms in total. The van der Waals surface area contributed by atoms with E-state index in [0.717, 1.165) is 27.2 Å². The van der Waals surface area contributed by atoms with Crippen molar-refractivity contribution in [3.63, 3.8) is 0 Å². The van der Waals surface area contributed by atoms with E-state index in [9.17, 15) is 0 Å². The van der Waals surface area contributed by atoms with E-state index in [1.165, 1.54) is 0 Å². The van der Waals surface area contributed by atoms with Crippen LogP contribution in [0, 0.1) is 0 Å². The van der Waals surface area contributed by atoms with Crippen LogP contribution >= 0.6 is 23.1 Å². The average molecular weight is 278 g/mol. The van der Waals surface area contributed by atoms with Crippen LogP contribution in [0.3, 0.4) is 0 Å². The normalized spacial score (nSPS) is 10.9. The van der Waals surface area contributed by atoms with E-state index < -0.39 is 0 Å². The van der Waals surface area contributed by atoms with E-state index in [0.29, 0.717) is 0 Å². The Morgan fingerprint density at radius 1 is 1.50 bits per heavy atom. The molecular weight excluding hydrogens is 268 g/mol. The highest BCUT2D eigenvalue weighted by Gasteiger charge is 2.08. The van der Waals surface area contributed by atoms with Crippen LogP contribution in [0.2, 0.25) is 0 Å². The van der Waals surface area contributed by atoms with E-state index >= 15 is 0 Å². The second-order valence-electron chi connectivity index (χ2n) is 3.61. The molecule has 3 aromatic heterocycles. The standard InChI is InChI=1S/C11H10N4OS2/c1-15-11(12-7-13-15)18-6-9-5-17-10(14-9)8-2-3-16-4-8/h2-5,7H,6H2,1H3. The van der Waals surface area contributed by atoms with Crippen LogP contribution in [0.5, 0.6) is 0 Å². The number of thiazole rings is 1. The number of hydrogen-bond acceptors (Lipinski definition) is 6. The molecule has 0 atom stereocenters. The van der Waals surface area contributed by atoms with Crippen molar-refractivity contribution in [3.05, 3.63) is 36.0 Å². The van der Waals surface area contributed by atoms with Gasteiger partial charge in [-0.2, -0.15) is 5.10 Å². The summed E-state index contributed by atoms with van der Waals surface area (Å²) in [6, 6.07) is 1.92. The van der Waals surface area contributed by atoms with Gasteiger partial charge in [-0.15, -0.1) is 11.3 Å². The Balaban J connectivity index is 1.69. The molecule has 0 unspecified atom stereocenters. The minimum atomic E-state index is 0.793. The Labute approximate surface area is 112 Å². The van der Waals surface area contributed by atoms with Gasteiger partial charge in [-0.05, 0) is 6.07 Å². The molecule has 7 heteroatoms. The topological polar surface area (TPSA) is 56.7 Å². The van der Waals surface area contributed by atoms with Gasteiger partial charge in [-0.25, -0.2) is 14.6 Å². The highest BCUT2D eigenvalue weighted by atomic mass is 32.2. The molecule has 18 heavy (non-hydrogen) atoms. The third kappa shape index (κ3) is 2.32. The van der Waals surface area contributed by atoms with E-state index in [4.69, 9.17) is 4.42 Å². The first kappa shape index (κ1) is 11.5. The van der Waals surface area contributed by atoms with Crippen molar-refractivity contribution in [2.45, 2.75) is 10.9 Å². The second kappa shape index (κ2) is 4.95. The van der Waals surface area contributed by atoms with Crippen molar-refractivity contribution in [3.8, 4) is 10.6 Å². The zero-order valence-electron chi connectivity index (χ0n) is 9.61. The van der Waals surface area contributed by atoms with Crippen LogP contribution in [0.25, 0.3) is 10.6 Å². The van der Waals surface area contributed by atoms with E-state index in [2.05, 4.69) is 20.4 Å². The molecule has 92 valence electrons. The van der Waals surface area contributed by atoms with Crippen molar-refractivity contribution in [2.24, 2.45) is 7.05 Å². The van der Waals surface area contributed by atoms with Gasteiger partial charge in [0.05, 0.1) is 12.0 Å². The Kier molecular flexibility index (Phi) is 3.16. The lowest BCUT2D eigenvalue weighted by Gasteiger charge is -1.97. The van der Waals surface area contributed by atoms with Crippen molar-refractivity contribution in [1.82, 2.24) is 19.7 Å². The number of nitrogens with zero attached hydrogens (tertiary/aromatic N) is 4. The summed E-state index contributed by atoms with van der Waals surface area (Å²) in [5.41, 5.74) is 2.07. The van der Waals surface area contributed by atoms with E-state index in [-0.39, 0.29) is 0 Å². The van der Waals surface area contributed by atoms with E-state index in [1.54, 1.807) is 46.6 Å². The van der Waals surface area contributed by atoms with Crippen LogP contribution in [0.1, 0.15) is 5.69 Å². The molecule has 0 radical (unpaired) electrons. The molecule has 0 saturated heterocycles. The predicted molar refractivity (Wildman–Crippen MR) is 70.4 cm³/mol. The van der Waals surface area contributed by atoms with Gasteiger partial charge in [-0.1, -0.05) is 11.8 Å². The van der Waals surface area contributed by atoms with Gasteiger partial charge < -0.3 is 4.42 Å². The summed E-state index contributed by atoms with van der Waals surface area (Å²) in [7, 11) is 1.88. The molecule has 0 bridgehead atoms. The van der Waals surface area contributed by atoms with Crippen LogP contribution in [0.15, 0.2) is 39.9 Å². The summed E-state index contributed by atoms with van der Waals surface area (Å²) in [6.45, 7) is 0. The van der Waals surface area contributed by atoms with Gasteiger partial charge in [0, 0.05) is 23.7 Å². The monoisotopic (exact) mass is 278 g/mol. The van der Waals surface area contributed by atoms with Crippen LogP contribution in [-0.4, -0.2) is 19.7 Å². The number of aryl methyl sites for hydroxylation is 1. The number of thioether (sulfide) groups is 1. The summed E-state index contributed by atoms with van der Waals surface area (Å²) < 4.78 is 6.81. The molecule has 0 aliphatic rings. The van der Waals surface area contributed by atoms with Crippen molar-refractivity contribution >= 4 is 23.1 Å². The maximum Gasteiger partial charge on any atom is 0.186 e. The van der Waals surface area contributed by atoms with Crippen LogP contribution in [0.4, 0.5) is 0 Å². The molecule has 0 amide bonds. The fraction of sp³-hybridized carbons (Fsp3) is 0.182. The van der Waals surface area contributed by atoms with E-state index in [1.807, 2.05) is 13.1 Å². The summed E-state index contributed by atoms with van der Waals surface area (Å²) in [4.78, 5) is 8.73. The molecule has 0 aliphatic heterocycles. The minimum absolute atomic E-state index is 0.793. The lowest BCUT2D eigenvalue weighted by Crippen LogP contribution is -1.93. The number of hydrogen-bond donors (Lipinski definition) is 0. The zero-order valence-corrected chi connectivity index (χ0v) is 11.2. The summed E-state index contributed by atoms with van der Waals surface area (Å²) in [5.74, 6) is 0.793. The Bertz CT molecular complexity index is 629. The molecular formula is C11H10N4OS2. The quantitative estimate of drug-likeness (QED) is 0.687. The fourth-order valence-corrected chi connectivity index (χ4v) is 3.14. The summed E-state index contributed by atoms with van der Waals surface area (Å²) in [6.07, 6.45) is 4.92. The summed E-state index contributed by atoms with van der Waals surface area (Å²) in [5, 5.41) is 7.97. The molecule has 0 fully saturated rings. The maximum absolute atomic E-state index is 5.05. The van der Waals surface area contributed by atoms with Gasteiger partial charge in [0.15, 0.2) is 5.16 Å². The van der Waals surface area contributed by atoms with Crippen molar-refractivity contribution in [1.29, 1.82) is 0 Å². The highest BCUT2D eigenvalue weighted by molar-refractivity contribution is 7.98. The number of rotatable bonds is 4. The van der Waals surface area contributed by atoms with Gasteiger partial charge in [0.2, 0.25) is 0 Å². The number of furan rings is 1. The zero-order chi connectivity index (χ0) is 12.4. The molecule has 0 spiro atoms. The molecule has 3 rings (SSSR count). The predicted octanol–water partition coefficient (Wildman–Crippen LogP) is 2.82. The Morgan fingerprint density at radius 2 is 2.44 bits per heavy atom. The van der Waals surface area contributed by atoms with Crippen molar-refractivity contribution < 1.29 is 4.42 Å². The molecule has 3 heterocycles. The Morgan fingerprint density at radius 3 is 3.17 bits per heavy atom. The SMILES string of the molecule is Cn1ncnc1SCc1csc(-c2ccoc2)n1. The maximum atomic E-state index is 5.05. The van der Waals surface area contributed by atoms with Gasteiger partial charge in [0.25, 0.3) is 0 Å². The third-order valence-corrected chi connectivity index (χ3v) is 4.35. The second-order valence-corrected chi connectivity index (χ2v) is 5.41. The van der Waals surface area contributed by atoms with Gasteiger partial charge >= 0.3 is 0 Å². The smallest absolute Gasteiger partial charge is 0.186 e. The largest absolute Gasteiger partial charge is 0.472 e. The minimum Gasteiger partial charge on any atom is -0.472 e. The van der Waals surface area contributed by atoms with Gasteiger partial charge in [0.1, 0.15) is 17.6 Å². The lowest BCUT2D eigenvalue weighted by atomic mass is 10.4. The lowest BCUT2D eigenvalue weighted by molar-refractivity contribution is 0.568. The van der Waals surface area contributed by atoms with Gasteiger partial charge in [-0.3, -0.25) is 0 Å². The first-order valence-electron chi connectivity index (χ1n) is 5.26. The molecule has 3 aromatic rings. The first-order valence-corrected chi connectivity index (χ1v) is 7.13. The average Bonchev–Trinajstić information content (AvgIpc) is 3.08. The molecule has 0 N–H and O–H groups in total. The van der Waals surface area contributed by atoms with Crippen LogP contribution < -0.4 is 0 Å². The third-order valence-electron chi connectivity index (χ3n) is 2.34. The highest BCUT2D eigenvalue weighted by Crippen LogP contribution is 2.27. The summed E-state index contributed by atoms with van der Waals surface area (Å²) >= 11 is 3.25. The Hall–Kier alpha value is -1.60. The molecule has 0 aliphatic carbocycles. The fourth-order valence-electron chi connectivity index (χ4n) is 1.45.